The van der Waals surface area contributed by atoms with E-state index in [1.807, 2.05) is 0 Å². The number of hydrogen-bond acceptors (Lipinski definition) is 4. The maximum atomic E-state index is 12.5. The fourth-order valence-electron chi connectivity index (χ4n) is 3.08. The van der Waals surface area contributed by atoms with Gasteiger partial charge in [-0.05, 0) is 18.2 Å². The third kappa shape index (κ3) is 4.43. The van der Waals surface area contributed by atoms with Crippen LogP contribution in [0.1, 0.15) is 15.9 Å². The number of hydrogen-bond donors (Lipinski definition) is 0. The lowest BCUT2D eigenvalue weighted by Crippen LogP contribution is -2.51. The number of carbonyl (C=O) groups is 2. The predicted molar refractivity (Wildman–Crippen MR) is 101 cm³/mol. The van der Waals surface area contributed by atoms with Gasteiger partial charge in [-0.15, -0.1) is 0 Å². The van der Waals surface area contributed by atoms with Gasteiger partial charge in [-0.25, -0.2) is 0 Å². The van der Waals surface area contributed by atoms with Gasteiger partial charge in [0.25, 0.3) is 11.6 Å². The van der Waals surface area contributed by atoms with E-state index in [0.717, 1.165) is 0 Å². The van der Waals surface area contributed by atoms with Gasteiger partial charge in [0, 0.05) is 48.4 Å². The standard InChI is InChI=1S/C19H18ClN3O4/c20-16-6-3-5-15(12-16)19(25)22-10-8-21(9-11-22)18(24)13-14-4-1-2-7-17(14)23(26)27/h1-7,12H,8-11,13H2. The van der Waals surface area contributed by atoms with E-state index in [-0.39, 0.29) is 23.9 Å². The predicted octanol–water partition coefficient (Wildman–Crippen LogP) is 2.78. The lowest BCUT2D eigenvalue weighted by molar-refractivity contribution is -0.385. The quantitative estimate of drug-likeness (QED) is 0.596. The Bertz CT molecular complexity index is 879. The monoisotopic (exact) mass is 387 g/mol. The van der Waals surface area contributed by atoms with Crippen LogP contribution in [0.2, 0.25) is 5.02 Å². The van der Waals surface area contributed by atoms with Gasteiger partial charge in [-0.3, -0.25) is 19.7 Å². The Hall–Kier alpha value is -2.93. The summed E-state index contributed by atoms with van der Waals surface area (Å²) in [5.74, 6) is -0.303. The zero-order valence-corrected chi connectivity index (χ0v) is 15.3. The molecule has 1 heterocycles. The normalized spacial score (nSPS) is 14.1. The molecule has 1 fully saturated rings. The molecule has 27 heavy (non-hydrogen) atoms. The summed E-state index contributed by atoms with van der Waals surface area (Å²) in [5.41, 5.74) is 0.854. The lowest BCUT2D eigenvalue weighted by atomic mass is 10.1. The van der Waals surface area contributed by atoms with Gasteiger partial charge in [0.05, 0.1) is 11.3 Å². The molecule has 0 aromatic heterocycles. The summed E-state index contributed by atoms with van der Waals surface area (Å²) in [7, 11) is 0. The average Bonchev–Trinajstić information content (AvgIpc) is 2.67. The highest BCUT2D eigenvalue weighted by atomic mass is 35.5. The maximum absolute atomic E-state index is 12.5. The molecule has 1 saturated heterocycles. The zero-order valence-electron chi connectivity index (χ0n) is 14.5. The molecule has 0 radical (unpaired) electrons. The van der Waals surface area contributed by atoms with Crippen molar-refractivity contribution in [2.45, 2.75) is 6.42 Å². The van der Waals surface area contributed by atoms with E-state index in [2.05, 4.69) is 0 Å². The molecule has 140 valence electrons. The highest BCUT2D eigenvalue weighted by Crippen LogP contribution is 2.20. The van der Waals surface area contributed by atoms with Crippen LogP contribution in [-0.2, 0) is 11.2 Å². The molecule has 1 aliphatic heterocycles. The van der Waals surface area contributed by atoms with Crippen LogP contribution >= 0.6 is 11.6 Å². The van der Waals surface area contributed by atoms with E-state index in [1.165, 1.54) is 6.07 Å². The van der Waals surface area contributed by atoms with E-state index in [0.29, 0.717) is 42.3 Å². The fraction of sp³-hybridized carbons (Fsp3) is 0.263. The van der Waals surface area contributed by atoms with Crippen LogP contribution in [0.15, 0.2) is 48.5 Å². The largest absolute Gasteiger partial charge is 0.339 e. The Kier molecular flexibility index (Phi) is 5.71. The Labute approximate surface area is 161 Å². The van der Waals surface area contributed by atoms with Crippen molar-refractivity contribution in [3.05, 3.63) is 74.8 Å². The first-order valence-electron chi connectivity index (χ1n) is 8.50. The minimum atomic E-state index is -0.482. The van der Waals surface area contributed by atoms with E-state index in [1.54, 1.807) is 52.3 Å². The molecule has 8 heteroatoms. The first-order chi connectivity index (χ1) is 13.0. The zero-order chi connectivity index (χ0) is 19.4. The van der Waals surface area contributed by atoms with E-state index >= 15 is 0 Å². The molecule has 0 unspecified atom stereocenters. The van der Waals surface area contributed by atoms with Crippen molar-refractivity contribution in [2.75, 3.05) is 26.2 Å². The molecular formula is C19H18ClN3O4. The Morgan fingerprint density at radius 2 is 1.67 bits per heavy atom. The molecule has 0 saturated carbocycles. The molecule has 2 aromatic rings. The highest BCUT2D eigenvalue weighted by molar-refractivity contribution is 6.30. The lowest BCUT2D eigenvalue weighted by Gasteiger charge is -2.35. The van der Waals surface area contributed by atoms with E-state index in [9.17, 15) is 19.7 Å². The van der Waals surface area contributed by atoms with Gasteiger partial charge in [-0.2, -0.15) is 0 Å². The summed E-state index contributed by atoms with van der Waals surface area (Å²) in [6, 6.07) is 13.0. The molecule has 2 amide bonds. The topological polar surface area (TPSA) is 83.8 Å². The van der Waals surface area contributed by atoms with Crippen molar-refractivity contribution in [3.63, 3.8) is 0 Å². The highest BCUT2D eigenvalue weighted by Gasteiger charge is 2.26. The van der Waals surface area contributed by atoms with Crippen LogP contribution < -0.4 is 0 Å². The second kappa shape index (κ2) is 8.18. The molecule has 0 spiro atoms. The summed E-state index contributed by atoms with van der Waals surface area (Å²) in [5, 5.41) is 11.6. The number of nitro benzene ring substituents is 1. The number of para-hydroxylation sites is 1. The SMILES string of the molecule is O=C(Cc1ccccc1[N+](=O)[O-])N1CCN(C(=O)c2cccc(Cl)c2)CC1. The number of nitrogens with zero attached hydrogens (tertiary/aromatic N) is 3. The summed E-state index contributed by atoms with van der Waals surface area (Å²) < 4.78 is 0. The first kappa shape index (κ1) is 18.8. The van der Waals surface area contributed by atoms with Gasteiger partial charge >= 0.3 is 0 Å². The number of benzene rings is 2. The Balaban J connectivity index is 1.60. The van der Waals surface area contributed by atoms with Crippen molar-refractivity contribution >= 4 is 29.1 Å². The van der Waals surface area contributed by atoms with Crippen molar-refractivity contribution < 1.29 is 14.5 Å². The van der Waals surface area contributed by atoms with Crippen molar-refractivity contribution in [2.24, 2.45) is 0 Å². The Morgan fingerprint density at radius 1 is 1.00 bits per heavy atom. The van der Waals surface area contributed by atoms with Crippen LogP contribution in [0.3, 0.4) is 0 Å². The second-order valence-corrected chi connectivity index (χ2v) is 6.68. The van der Waals surface area contributed by atoms with E-state index < -0.39 is 4.92 Å². The van der Waals surface area contributed by atoms with Gasteiger partial charge in [0.15, 0.2) is 0 Å². The van der Waals surface area contributed by atoms with E-state index in [4.69, 9.17) is 11.6 Å². The number of nitro groups is 1. The Morgan fingerprint density at radius 3 is 2.33 bits per heavy atom. The van der Waals surface area contributed by atoms with Crippen molar-refractivity contribution in [3.8, 4) is 0 Å². The van der Waals surface area contributed by atoms with Crippen LogP contribution in [-0.4, -0.2) is 52.7 Å². The smallest absolute Gasteiger partial charge is 0.273 e. The average molecular weight is 388 g/mol. The summed E-state index contributed by atoms with van der Waals surface area (Å²) >= 11 is 5.93. The van der Waals surface area contributed by atoms with Gasteiger partial charge < -0.3 is 9.80 Å². The molecule has 0 N–H and O–H groups in total. The van der Waals surface area contributed by atoms with Crippen LogP contribution in [0.25, 0.3) is 0 Å². The summed E-state index contributed by atoms with van der Waals surface area (Å²) in [6.45, 7) is 1.61. The molecule has 7 nitrogen and oxygen atoms in total. The van der Waals surface area contributed by atoms with Gasteiger partial charge in [0.2, 0.25) is 5.91 Å². The molecule has 3 rings (SSSR count). The summed E-state index contributed by atoms with van der Waals surface area (Å²) in [6.07, 6.45) is -0.0284. The molecule has 0 atom stereocenters. The van der Waals surface area contributed by atoms with Crippen LogP contribution in [0.4, 0.5) is 5.69 Å². The molecule has 0 bridgehead atoms. The molecule has 2 aromatic carbocycles. The minimum absolute atomic E-state index is 0.0284. The number of piperazine rings is 1. The molecule has 0 aliphatic carbocycles. The second-order valence-electron chi connectivity index (χ2n) is 6.25. The van der Waals surface area contributed by atoms with Gasteiger partial charge in [0.1, 0.15) is 0 Å². The fourth-order valence-corrected chi connectivity index (χ4v) is 3.27. The molecular weight excluding hydrogens is 370 g/mol. The van der Waals surface area contributed by atoms with Crippen LogP contribution in [0, 0.1) is 10.1 Å². The first-order valence-corrected chi connectivity index (χ1v) is 8.88. The number of carbonyl (C=O) groups excluding carboxylic acids is 2. The van der Waals surface area contributed by atoms with Crippen molar-refractivity contribution in [1.29, 1.82) is 0 Å². The molecule has 1 aliphatic rings. The minimum Gasteiger partial charge on any atom is -0.339 e. The third-order valence-electron chi connectivity index (χ3n) is 4.52. The van der Waals surface area contributed by atoms with Crippen LogP contribution in [0.5, 0.6) is 0 Å². The maximum Gasteiger partial charge on any atom is 0.273 e. The van der Waals surface area contributed by atoms with Crippen molar-refractivity contribution in [1.82, 2.24) is 9.80 Å². The summed E-state index contributed by atoms with van der Waals surface area (Å²) in [4.78, 5) is 39.0. The van der Waals surface area contributed by atoms with Gasteiger partial charge in [-0.1, -0.05) is 35.9 Å². The number of rotatable bonds is 4. The third-order valence-corrected chi connectivity index (χ3v) is 4.76. The number of halogens is 1. The number of amides is 2.